The van der Waals surface area contributed by atoms with Crippen molar-refractivity contribution in [3.8, 4) is 0 Å². The van der Waals surface area contributed by atoms with Gasteiger partial charge in [0.15, 0.2) is 0 Å². The van der Waals surface area contributed by atoms with Gasteiger partial charge in [0.1, 0.15) is 0 Å². The zero-order chi connectivity index (χ0) is 10.9. The van der Waals surface area contributed by atoms with Crippen molar-refractivity contribution in [2.75, 3.05) is 0 Å². The van der Waals surface area contributed by atoms with Gasteiger partial charge in [0, 0.05) is 6.20 Å². The van der Waals surface area contributed by atoms with Crippen LogP contribution in [0.4, 0.5) is 18.9 Å². The summed E-state index contributed by atoms with van der Waals surface area (Å²) in [4.78, 5) is 12.1. The molecule has 4 nitrogen and oxygen atoms in total. The lowest BCUT2D eigenvalue weighted by molar-refractivity contribution is -0.389. The van der Waals surface area contributed by atoms with E-state index in [1.54, 1.807) is 0 Å². The van der Waals surface area contributed by atoms with Crippen molar-refractivity contribution in [1.29, 1.82) is 0 Å². The molecule has 0 amide bonds. The average molecular weight is 271 g/mol. The molecule has 0 atom stereocenters. The summed E-state index contributed by atoms with van der Waals surface area (Å²) in [5.41, 5.74) is -2.57. The summed E-state index contributed by atoms with van der Waals surface area (Å²) in [7, 11) is 0. The molecule has 0 unspecified atom stereocenters. The Bertz CT molecular complexity index is 380. The normalized spacial score (nSPS) is 11.4. The van der Waals surface area contributed by atoms with E-state index in [0.29, 0.717) is 0 Å². The molecule has 0 aliphatic heterocycles. The number of aromatic nitrogens is 1. The highest BCUT2D eigenvalue weighted by atomic mass is 79.9. The molecule has 0 aliphatic carbocycles. The smallest absolute Gasteiger partial charge is 0.258 e. The van der Waals surface area contributed by atoms with Crippen LogP contribution >= 0.6 is 15.9 Å². The topological polar surface area (TPSA) is 56.0 Å². The van der Waals surface area contributed by atoms with Crippen molar-refractivity contribution in [3.63, 3.8) is 0 Å². The molecular formula is C6H2BrF3N2O2. The van der Waals surface area contributed by atoms with Crippen LogP contribution in [0.25, 0.3) is 0 Å². The summed E-state index contributed by atoms with van der Waals surface area (Å²) in [6.45, 7) is 0. The van der Waals surface area contributed by atoms with E-state index < -0.39 is 22.5 Å². The maximum absolute atomic E-state index is 12.2. The Labute approximate surface area is 84.0 Å². The van der Waals surface area contributed by atoms with Crippen molar-refractivity contribution in [3.05, 3.63) is 32.5 Å². The van der Waals surface area contributed by atoms with Gasteiger partial charge >= 0.3 is 11.9 Å². The summed E-state index contributed by atoms with van der Waals surface area (Å²) >= 11 is 2.66. The summed E-state index contributed by atoms with van der Waals surface area (Å²) in [6.07, 6.45) is -3.98. The van der Waals surface area contributed by atoms with Gasteiger partial charge in [0.25, 0.3) is 0 Å². The summed E-state index contributed by atoms with van der Waals surface area (Å²) in [6, 6.07) is 1.08. The molecule has 1 rings (SSSR count). The molecule has 0 aromatic carbocycles. The van der Waals surface area contributed by atoms with Gasteiger partial charge in [0.05, 0.1) is 9.40 Å². The van der Waals surface area contributed by atoms with Gasteiger partial charge in [-0.1, -0.05) is 0 Å². The van der Waals surface area contributed by atoms with E-state index in [0.717, 1.165) is 12.3 Å². The first-order chi connectivity index (χ1) is 6.34. The minimum Gasteiger partial charge on any atom is -0.258 e. The quantitative estimate of drug-likeness (QED) is 0.582. The van der Waals surface area contributed by atoms with E-state index in [2.05, 4.69) is 20.9 Å². The van der Waals surface area contributed by atoms with Crippen LogP contribution in [0, 0.1) is 10.1 Å². The van der Waals surface area contributed by atoms with Crippen LogP contribution in [0.15, 0.2) is 16.7 Å². The number of rotatable bonds is 1. The van der Waals surface area contributed by atoms with E-state index in [4.69, 9.17) is 0 Å². The maximum atomic E-state index is 12.2. The first-order valence-electron chi connectivity index (χ1n) is 3.20. The lowest BCUT2D eigenvalue weighted by Crippen LogP contribution is -2.11. The Hall–Kier alpha value is -1.18. The van der Waals surface area contributed by atoms with Crippen molar-refractivity contribution in [2.45, 2.75) is 6.18 Å². The van der Waals surface area contributed by atoms with Crippen LogP contribution < -0.4 is 0 Å². The van der Waals surface area contributed by atoms with Gasteiger partial charge < -0.3 is 0 Å². The third-order valence-electron chi connectivity index (χ3n) is 1.33. The second-order valence-electron chi connectivity index (χ2n) is 2.24. The van der Waals surface area contributed by atoms with E-state index in [9.17, 15) is 23.3 Å². The van der Waals surface area contributed by atoms with E-state index in [1.807, 2.05) is 0 Å². The first kappa shape index (κ1) is 10.9. The molecular weight excluding hydrogens is 269 g/mol. The Morgan fingerprint density at radius 3 is 2.43 bits per heavy atom. The molecule has 0 radical (unpaired) electrons. The molecule has 1 aromatic heterocycles. The summed E-state index contributed by atoms with van der Waals surface area (Å²) in [5.74, 6) is 0. The molecule has 0 saturated heterocycles. The standard InChI is InChI=1S/C6H2BrF3N2O2/c7-3-1-2-11-5(6(8,9)10)4(3)12(13)14/h1-2H. The predicted octanol–water partition coefficient (Wildman–Crippen LogP) is 2.77. The van der Waals surface area contributed by atoms with Crippen molar-refractivity contribution >= 4 is 21.6 Å². The number of nitrogens with zero attached hydrogens (tertiary/aromatic N) is 2. The zero-order valence-corrected chi connectivity index (χ0v) is 7.96. The van der Waals surface area contributed by atoms with Crippen molar-refractivity contribution in [1.82, 2.24) is 4.98 Å². The molecule has 8 heteroatoms. The van der Waals surface area contributed by atoms with E-state index >= 15 is 0 Å². The highest BCUT2D eigenvalue weighted by molar-refractivity contribution is 9.10. The number of nitro groups is 1. The zero-order valence-electron chi connectivity index (χ0n) is 6.38. The van der Waals surface area contributed by atoms with Crippen LogP contribution in [0.2, 0.25) is 0 Å². The fraction of sp³-hybridized carbons (Fsp3) is 0.167. The minimum atomic E-state index is -4.83. The largest absolute Gasteiger partial charge is 0.440 e. The molecule has 0 fully saturated rings. The number of pyridine rings is 1. The molecule has 0 saturated carbocycles. The van der Waals surface area contributed by atoms with Gasteiger partial charge in [-0.25, -0.2) is 4.98 Å². The van der Waals surface area contributed by atoms with Gasteiger partial charge in [-0.05, 0) is 22.0 Å². The molecule has 0 N–H and O–H groups in total. The SMILES string of the molecule is O=[N+]([O-])c1c(Br)ccnc1C(F)(F)F. The van der Waals surface area contributed by atoms with Gasteiger partial charge in [-0.2, -0.15) is 13.2 Å². The maximum Gasteiger partial charge on any atom is 0.440 e. The highest BCUT2D eigenvalue weighted by Gasteiger charge is 2.41. The molecule has 76 valence electrons. The fourth-order valence-electron chi connectivity index (χ4n) is 0.812. The molecule has 1 heterocycles. The van der Waals surface area contributed by atoms with Gasteiger partial charge in [-0.15, -0.1) is 0 Å². The second kappa shape index (κ2) is 3.52. The van der Waals surface area contributed by atoms with E-state index in [1.165, 1.54) is 0 Å². The molecule has 1 aromatic rings. The summed E-state index contributed by atoms with van der Waals surface area (Å²) in [5, 5.41) is 10.3. The minimum absolute atomic E-state index is 0.246. The third-order valence-corrected chi connectivity index (χ3v) is 1.97. The number of hydrogen-bond acceptors (Lipinski definition) is 3. The third kappa shape index (κ3) is 2.00. The van der Waals surface area contributed by atoms with Crippen LogP contribution in [0.1, 0.15) is 5.69 Å². The fourth-order valence-corrected chi connectivity index (χ4v) is 1.26. The molecule has 0 spiro atoms. The Balaban J connectivity index is 3.44. The van der Waals surface area contributed by atoms with Crippen LogP contribution in [0.3, 0.4) is 0 Å². The number of alkyl halides is 3. The Morgan fingerprint density at radius 2 is 2.07 bits per heavy atom. The van der Waals surface area contributed by atoms with Crippen molar-refractivity contribution < 1.29 is 18.1 Å². The molecule has 0 bridgehead atoms. The average Bonchev–Trinajstić information content (AvgIpc) is 2.01. The van der Waals surface area contributed by atoms with Gasteiger partial charge in [-0.3, -0.25) is 10.1 Å². The molecule has 0 aliphatic rings. The van der Waals surface area contributed by atoms with Crippen LogP contribution in [0.5, 0.6) is 0 Å². The van der Waals surface area contributed by atoms with Crippen LogP contribution in [-0.2, 0) is 6.18 Å². The monoisotopic (exact) mass is 270 g/mol. The number of halogens is 4. The number of hydrogen-bond donors (Lipinski definition) is 0. The van der Waals surface area contributed by atoms with Crippen molar-refractivity contribution in [2.24, 2.45) is 0 Å². The van der Waals surface area contributed by atoms with E-state index in [-0.39, 0.29) is 4.47 Å². The highest BCUT2D eigenvalue weighted by Crippen LogP contribution is 2.37. The predicted molar refractivity (Wildman–Crippen MR) is 43.6 cm³/mol. The van der Waals surface area contributed by atoms with Gasteiger partial charge in [0.2, 0.25) is 5.69 Å². The molecule has 14 heavy (non-hydrogen) atoms. The lowest BCUT2D eigenvalue weighted by Gasteiger charge is -2.06. The Kier molecular flexibility index (Phi) is 2.74. The Morgan fingerprint density at radius 1 is 1.50 bits per heavy atom. The second-order valence-corrected chi connectivity index (χ2v) is 3.10. The summed E-state index contributed by atoms with van der Waals surface area (Å²) < 4.78 is 36.4. The lowest BCUT2D eigenvalue weighted by atomic mass is 10.3. The van der Waals surface area contributed by atoms with Crippen LogP contribution in [-0.4, -0.2) is 9.91 Å². The first-order valence-corrected chi connectivity index (χ1v) is 3.99.